The number of aromatic amines is 1. The third kappa shape index (κ3) is 5.26. The molecule has 11 heteroatoms. The van der Waals surface area contributed by atoms with Crippen molar-refractivity contribution in [3.8, 4) is 0 Å². The van der Waals surface area contributed by atoms with Gasteiger partial charge in [0.25, 0.3) is 11.1 Å². The molecule has 2 amide bonds. The summed E-state index contributed by atoms with van der Waals surface area (Å²) in [5.41, 5.74) is 1.54. The maximum absolute atomic E-state index is 13.9. The Labute approximate surface area is 218 Å². The molecular weight excluding hydrogens is 525 g/mol. The molecule has 0 atom stereocenters. The number of carbonyl (C=O) groups excluding carboxylic acids is 2. The SMILES string of the molecule is O=C1S/C(=C(/Cc2ccc(Cl)cc2C(F)(F)F)c2ccc3[nH]ncc3c2)C(=O)N1CCc1ccncc1. The number of amides is 2. The number of carbonyl (C=O) groups is 2. The maximum atomic E-state index is 13.9. The minimum absolute atomic E-state index is 0.0473. The fourth-order valence-corrected chi connectivity index (χ4v) is 5.31. The number of thioether (sulfide) groups is 1. The summed E-state index contributed by atoms with van der Waals surface area (Å²) in [7, 11) is 0. The molecule has 2 aromatic heterocycles. The van der Waals surface area contributed by atoms with Crippen molar-refractivity contribution in [3.63, 3.8) is 0 Å². The van der Waals surface area contributed by atoms with E-state index in [4.69, 9.17) is 11.6 Å². The van der Waals surface area contributed by atoms with Crippen LogP contribution in [-0.4, -0.2) is 37.8 Å². The molecule has 0 aliphatic carbocycles. The number of imide groups is 1. The smallest absolute Gasteiger partial charge is 0.278 e. The summed E-state index contributed by atoms with van der Waals surface area (Å²) in [5.74, 6) is -0.533. The van der Waals surface area contributed by atoms with Crippen molar-refractivity contribution >= 4 is 51.0 Å². The summed E-state index contributed by atoms with van der Waals surface area (Å²) in [6.45, 7) is 0.140. The van der Waals surface area contributed by atoms with E-state index in [2.05, 4.69) is 15.2 Å². The molecule has 188 valence electrons. The van der Waals surface area contributed by atoms with Crippen LogP contribution in [0, 0.1) is 0 Å². The first-order valence-corrected chi connectivity index (χ1v) is 12.3. The third-order valence-corrected chi connectivity index (χ3v) is 7.29. The Kier molecular flexibility index (Phi) is 6.78. The normalized spacial score (nSPS) is 15.6. The first-order chi connectivity index (χ1) is 17.7. The van der Waals surface area contributed by atoms with Gasteiger partial charge >= 0.3 is 6.18 Å². The summed E-state index contributed by atoms with van der Waals surface area (Å²) in [5, 5.41) is 7.02. The second kappa shape index (κ2) is 10.0. The number of rotatable bonds is 6. The van der Waals surface area contributed by atoms with E-state index in [9.17, 15) is 22.8 Å². The van der Waals surface area contributed by atoms with Gasteiger partial charge in [0.2, 0.25) is 0 Å². The summed E-state index contributed by atoms with van der Waals surface area (Å²) >= 11 is 6.60. The first-order valence-electron chi connectivity index (χ1n) is 11.2. The lowest BCUT2D eigenvalue weighted by atomic mass is 9.93. The predicted octanol–water partition coefficient (Wildman–Crippen LogP) is 6.52. The average Bonchev–Trinajstić information content (AvgIpc) is 3.45. The summed E-state index contributed by atoms with van der Waals surface area (Å²) < 4.78 is 41.6. The molecule has 37 heavy (non-hydrogen) atoms. The highest BCUT2D eigenvalue weighted by Crippen LogP contribution is 2.41. The van der Waals surface area contributed by atoms with Gasteiger partial charge in [-0.3, -0.25) is 24.6 Å². The minimum Gasteiger partial charge on any atom is -0.278 e. The van der Waals surface area contributed by atoms with Crippen molar-refractivity contribution in [3.05, 3.63) is 99.3 Å². The molecular formula is C26H18ClF3N4O2S. The van der Waals surface area contributed by atoms with Crippen molar-refractivity contribution in [2.45, 2.75) is 19.0 Å². The Morgan fingerprint density at radius 3 is 2.59 bits per heavy atom. The van der Waals surface area contributed by atoms with Crippen LogP contribution in [0.1, 0.15) is 22.3 Å². The number of benzene rings is 2. The topological polar surface area (TPSA) is 79.0 Å². The van der Waals surface area contributed by atoms with Crippen molar-refractivity contribution in [2.24, 2.45) is 0 Å². The van der Waals surface area contributed by atoms with Gasteiger partial charge in [-0.15, -0.1) is 0 Å². The second-order valence-electron chi connectivity index (χ2n) is 8.39. The van der Waals surface area contributed by atoms with Gasteiger partial charge in [0.05, 0.1) is 22.2 Å². The number of fused-ring (bicyclic) bond motifs is 1. The zero-order valence-corrected chi connectivity index (χ0v) is 20.6. The standard InChI is InChI=1S/C26H18ClF3N4O2S/c27-19-3-1-17(21(13-19)26(28,29)30)12-20(16-2-4-22-18(11-16)14-32-33-22)23-24(35)34(25(36)37-23)10-7-15-5-8-31-9-6-15/h1-6,8-9,11,13-14H,7,10,12H2,(H,32,33)/b23-20-. The lowest BCUT2D eigenvalue weighted by Gasteiger charge is -2.17. The van der Waals surface area contributed by atoms with Gasteiger partial charge in [0.1, 0.15) is 0 Å². The Morgan fingerprint density at radius 1 is 1.05 bits per heavy atom. The Hall–Kier alpha value is -3.63. The fraction of sp³-hybridized carbons (Fsp3) is 0.154. The number of alkyl halides is 3. The highest BCUT2D eigenvalue weighted by molar-refractivity contribution is 8.18. The fourth-order valence-electron chi connectivity index (χ4n) is 4.17. The van der Waals surface area contributed by atoms with Crippen LogP contribution in [0.25, 0.3) is 16.5 Å². The lowest BCUT2D eigenvalue weighted by molar-refractivity contribution is -0.138. The van der Waals surface area contributed by atoms with Crippen LogP contribution in [0.2, 0.25) is 5.02 Å². The number of halogens is 4. The number of pyridine rings is 1. The number of H-pyrrole nitrogens is 1. The van der Waals surface area contributed by atoms with Crippen molar-refractivity contribution < 1.29 is 22.8 Å². The molecule has 2 aromatic carbocycles. The molecule has 5 rings (SSSR count). The molecule has 4 aromatic rings. The van der Waals surface area contributed by atoms with E-state index in [0.29, 0.717) is 17.6 Å². The highest BCUT2D eigenvalue weighted by atomic mass is 35.5. The van der Waals surface area contributed by atoms with E-state index >= 15 is 0 Å². The van der Waals surface area contributed by atoms with Gasteiger partial charge in [0, 0.05) is 29.3 Å². The summed E-state index contributed by atoms with van der Waals surface area (Å²) in [6.07, 6.45) is 0.383. The van der Waals surface area contributed by atoms with Crippen LogP contribution in [0.4, 0.5) is 18.0 Å². The second-order valence-corrected chi connectivity index (χ2v) is 9.78. The number of nitrogens with one attached hydrogen (secondary N) is 1. The van der Waals surface area contributed by atoms with E-state index in [1.165, 1.54) is 12.1 Å². The van der Waals surface area contributed by atoms with Crippen LogP contribution in [0.15, 0.2) is 72.0 Å². The van der Waals surface area contributed by atoms with Crippen LogP contribution >= 0.6 is 23.4 Å². The molecule has 1 aliphatic heterocycles. The van der Waals surface area contributed by atoms with Crippen LogP contribution in [-0.2, 0) is 23.8 Å². The van der Waals surface area contributed by atoms with Crippen molar-refractivity contribution in [1.82, 2.24) is 20.1 Å². The van der Waals surface area contributed by atoms with Gasteiger partial charge < -0.3 is 0 Å². The Bertz CT molecular complexity index is 1540. The molecule has 1 fully saturated rings. The van der Waals surface area contributed by atoms with Gasteiger partial charge in [0.15, 0.2) is 0 Å². The molecule has 1 aliphatic rings. The van der Waals surface area contributed by atoms with Gasteiger partial charge in [-0.1, -0.05) is 23.7 Å². The van der Waals surface area contributed by atoms with E-state index in [1.807, 2.05) is 0 Å². The zero-order valence-electron chi connectivity index (χ0n) is 19.1. The molecule has 1 N–H and O–H groups in total. The minimum atomic E-state index is -4.65. The highest BCUT2D eigenvalue weighted by Gasteiger charge is 2.38. The molecule has 0 spiro atoms. The van der Waals surface area contributed by atoms with Gasteiger partial charge in [-0.05, 0) is 83.3 Å². The molecule has 0 radical (unpaired) electrons. The van der Waals surface area contributed by atoms with Crippen LogP contribution < -0.4 is 0 Å². The van der Waals surface area contributed by atoms with Gasteiger partial charge in [-0.25, -0.2) is 0 Å². The molecule has 3 heterocycles. The lowest BCUT2D eigenvalue weighted by Crippen LogP contribution is -2.30. The number of aromatic nitrogens is 3. The number of allylic oxidation sites excluding steroid dienone is 1. The van der Waals surface area contributed by atoms with E-state index < -0.39 is 22.9 Å². The molecule has 0 bridgehead atoms. The first kappa shape index (κ1) is 25.0. The van der Waals surface area contributed by atoms with Crippen molar-refractivity contribution in [2.75, 3.05) is 6.54 Å². The molecule has 0 saturated carbocycles. The monoisotopic (exact) mass is 542 g/mol. The molecule has 0 unspecified atom stereocenters. The van der Waals surface area contributed by atoms with Crippen molar-refractivity contribution in [1.29, 1.82) is 0 Å². The Morgan fingerprint density at radius 2 is 1.84 bits per heavy atom. The summed E-state index contributed by atoms with van der Waals surface area (Å²) in [4.78, 5) is 31.5. The average molecular weight is 543 g/mol. The number of nitrogens with zero attached hydrogens (tertiary/aromatic N) is 3. The summed E-state index contributed by atoms with van der Waals surface area (Å²) in [6, 6.07) is 12.3. The molecule has 6 nitrogen and oxygen atoms in total. The van der Waals surface area contributed by atoms with Crippen LogP contribution in [0.3, 0.4) is 0 Å². The maximum Gasteiger partial charge on any atom is 0.416 e. The quantitative estimate of drug-likeness (QED) is 0.281. The van der Waals surface area contributed by atoms with Gasteiger partial charge in [-0.2, -0.15) is 18.3 Å². The number of hydrogen-bond acceptors (Lipinski definition) is 5. The third-order valence-electron chi connectivity index (χ3n) is 6.03. The van der Waals surface area contributed by atoms with E-state index in [1.54, 1.807) is 48.9 Å². The molecule has 1 saturated heterocycles. The van der Waals surface area contributed by atoms with E-state index in [0.717, 1.165) is 39.2 Å². The largest absolute Gasteiger partial charge is 0.416 e. The van der Waals surface area contributed by atoms with E-state index in [-0.39, 0.29) is 28.5 Å². The zero-order chi connectivity index (χ0) is 26.2. The predicted molar refractivity (Wildman–Crippen MR) is 136 cm³/mol. The Balaban J connectivity index is 1.57. The number of hydrogen-bond donors (Lipinski definition) is 1. The van der Waals surface area contributed by atoms with Crippen LogP contribution in [0.5, 0.6) is 0 Å².